The summed E-state index contributed by atoms with van der Waals surface area (Å²) in [6.07, 6.45) is 4.99. The summed E-state index contributed by atoms with van der Waals surface area (Å²) in [7, 11) is 0. The SMILES string of the molecule is Cc1ccc(NC(=O)N2CCOC23CCN(c2ncccn2)CC3)cc1. The number of nitrogens with one attached hydrogen (secondary N) is 1. The second kappa shape index (κ2) is 6.92. The van der Waals surface area contributed by atoms with Gasteiger partial charge in [-0.05, 0) is 25.1 Å². The van der Waals surface area contributed by atoms with E-state index in [1.54, 1.807) is 12.4 Å². The van der Waals surface area contributed by atoms with E-state index in [1.165, 1.54) is 5.56 Å². The van der Waals surface area contributed by atoms with Crippen molar-refractivity contribution in [1.82, 2.24) is 14.9 Å². The zero-order valence-electron chi connectivity index (χ0n) is 14.9. The van der Waals surface area contributed by atoms with Gasteiger partial charge in [0, 0.05) is 50.6 Å². The molecule has 136 valence electrons. The molecule has 0 saturated carbocycles. The third kappa shape index (κ3) is 3.22. The molecule has 1 aromatic heterocycles. The molecule has 2 saturated heterocycles. The first-order valence-electron chi connectivity index (χ1n) is 8.98. The Bertz CT molecular complexity index is 757. The van der Waals surface area contributed by atoms with Crippen molar-refractivity contribution in [2.45, 2.75) is 25.5 Å². The number of benzene rings is 1. The number of urea groups is 1. The lowest BCUT2D eigenvalue weighted by Crippen LogP contribution is -2.56. The topological polar surface area (TPSA) is 70.6 Å². The van der Waals surface area contributed by atoms with Gasteiger partial charge in [-0.2, -0.15) is 0 Å². The number of anilines is 2. The summed E-state index contributed by atoms with van der Waals surface area (Å²) < 4.78 is 6.05. The maximum Gasteiger partial charge on any atom is 0.324 e. The second-order valence-electron chi connectivity index (χ2n) is 6.78. The molecular formula is C19H23N5O2. The summed E-state index contributed by atoms with van der Waals surface area (Å²) in [4.78, 5) is 25.4. The molecule has 2 aliphatic heterocycles. The van der Waals surface area contributed by atoms with E-state index in [4.69, 9.17) is 4.74 Å². The molecule has 7 nitrogen and oxygen atoms in total. The number of hydrogen-bond donors (Lipinski definition) is 1. The lowest BCUT2D eigenvalue weighted by molar-refractivity contribution is -0.0781. The molecule has 0 unspecified atom stereocenters. The van der Waals surface area contributed by atoms with Gasteiger partial charge in [0.2, 0.25) is 5.95 Å². The molecule has 0 atom stereocenters. The number of ether oxygens (including phenoxy) is 1. The number of rotatable bonds is 2. The van der Waals surface area contributed by atoms with E-state index in [1.807, 2.05) is 42.2 Å². The van der Waals surface area contributed by atoms with E-state index in [-0.39, 0.29) is 6.03 Å². The Morgan fingerprint density at radius 1 is 1.12 bits per heavy atom. The number of carbonyl (C=O) groups excluding carboxylic acids is 1. The molecule has 2 aliphatic rings. The smallest absolute Gasteiger partial charge is 0.324 e. The predicted octanol–water partition coefficient (Wildman–Crippen LogP) is 2.65. The minimum atomic E-state index is -0.528. The fraction of sp³-hybridized carbons (Fsp3) is 0.421. The Balaban J connectivity index is 1.43. The largest absolute Gasteiger partial charge is 0.354 e. The monoisotopic (exact) mass is 353 g/mol. The fourth-order valence-corrected chi connectivity index (χ4v) is 3.65. The third-order valence-electron chi connectivity index (χ3n) is 5.11. The minimum Gasteiger partial charge on any atom is -0.354 e. The van der Waals surface area contributed by atoms with E-state index in [0.29, 0.717) is 13.2 Å². The highest BCUT2D eigenvalue weighted by molar-refractivity contribution is 5.90. The molecule has 7 heteroatoms. The van der Waals surface area contributed by atoms with Crippen LogP contribution in [0.15, 0.2) is 42.7 Å². The highest BCUT2D eigenvalue weighted by Gasteiger charge is 2.47. The third-order valence-corrected chi connectivity index (χ3v) is 5.11. The average molecular weight is 353 g/mol. The summed E-state index contributed by atoms with van der Waals surface area (Å²) in [5.41, 5.74) is 1.44. The van der Waals surface area contributed by atoms with Gasteiger partial charge in [0.15, 0.2) is 0 Å². The summed E-state index contributed by atoms with van der Waals surface area (Å²) in [5, 5.41) is 2.99. The van der Waals surface area contributed by atoms with Gasteiger partial charge in [-0.25, -0.2) is 14.8 Å². The van der Waals surface area contributed by atoms with Crippen molar-refractivity contribution in [3.05, 3.63) is 48.3 Å². The van der Waals surface area contributed by atoms with Crippen LogP contribution in [0, 0.1) is 6.92 Å². The first-order valence-corrected chi connectivity index (χ1v) is 8.98. The Kier molecular flexibility index (Phi) is 4.46. The normalized spacial score (nSPS) is 19.0. The summed E-state index contributed by atoms with van der Waals surface area (Å²) in [5.74, 6) is 0.732. The van der Waals surface area contributed by atoms with Crippen LogP contribution in [-0.2, 0) is 4.74 Å². The molecule has 3 heterocycles. The Morgan fingerprint density at radius 3 is 2.50 bits per heavy atom. The van der Waals surface area contributed by atoms with Gasteiger partial charge < -0.3 is 15.0 Å². The average Bonchev–Trinajstić information content (AvgIpc) is 3.08. The van der Waals surface area contributed by atoms with Crippen LogP contribution in [0.2, 0.25) is 0 Å². The Labute approximate surface area is 153 Å². The molecule has 4 rings (SSSR count). The molecule has 0 bridgehead atoms. The van der Waals surface area contributed by atoms with E-state index < -0.39 is 5.72 Å². The zero-order chi connectivity index (χ0) is 18.0. The standard InChI is InChI=1S/C19H23N5O2/c1-15-3-5-16(6-4-15)22-18(25)24-13-14-26-19(24)7-11-23(12-8-19)17-20-9-2-10-21-17/h2-6,9-10H,7-8,11-14H2,1H3,(H,22,25). The molecule has 2 aromatic rings. The highest BCUT2D eigenvalue weighted by atomic mass is 16.5. The molecule has 1 N–H and O–H groups in total. The first kappa shape index (κ1) is 16.8. The lowest BCUT2D eigenvalue weighted by Gasteiger charge is -2.43. The van der Waals surface area contributed by atoms with Crippen LogP contribution in [-0.4, -0.2) is 52.9 Å². The first-order chi connectivity index (χ1) is 12.7. The second-order valence-corrected chi connectivity index (χ2v) is 6.78. The number of amides is 2. The number of aromatic nitrogens is 2. The van der Waals surface area contributed by atoms with E-state index in [0.717, 1.165) is 37.6 Å². The van der Waals surface area contributed by atoms with Crippen molar-refractivity contribution < 1.29 is 9.53 Å². The van der Waals surface area contributed by atoms with Gasteiger partial charge in [0.1, 0.15) is 5.72 Å². The maximum atomic E-state index is 12.8. The van der Waals surface area contributed by atoms with Crippen molar-refractivity contribution >= 4 is 17.7 Å². The summed E-state index contributed by atoms with van der Waals surface area (Å²) in [6.45, 7) is 4.73. The molecular weight excluding hydrogens is 330 g/mol. The highest BCUT2D eigenvalue weighted by Crippen LogP contribution is 2.35. The number of hydrogen-bond acceptors (Lipinski definition) is 5. The van der Waals surface area contributed by atoms with Crippen molar-refractivity contribution in [2.24, 2.45) is 0 Å². The van der Waals surface area contributed by atoms with Crippen LogP contribution < -0.4 is 10.2 Å². The molecule has 0 radical (unpaired) electrons. The zero-order valence-corrected chi connectivity index (χ0v) is 14.9. The fourth-order valence-electron chi connectivity index (χ4n) is 3.65. The Hall–Kier alpha value is -2.67. The van der Waals surface area contributed by atoms with Crippen molar-refractivity contribution in [1.29, 1.82) is 0 Å². The van der Waals surface area contributed by atoms with E-state index in [2.05, 4.69) is 20.2 Å². The molecule has 1 spiro atoms. The lowest BCUT2D eigenvalue weighted by atomic mass is 9.99. The molecule has 1 aromatic carbocycles. The number of aryl methyl sites for hydroxylation is 1. The van der Waals surface area contributed by atoms with Gasteiger partial charge >= 0.3 is 6.03 Å². The van der Waals surface area contributed by atoms with Crippen molar-refractivity contribution in [3.8, 4) is 0 Å². The van der Waals surface area contributed by atoms with Gasteiger partial charge in [-0.3, -0.25) is 4.90 Å². The van der Waals surface area contributed by atoms with Crippen LogP contribution in [0.1, 0.15) is 18.4 Å². The van der Waals surface area contributed by atoms with E-state index in [9.17, 15) is 4.79 Å². The van der Waals surface area contributed by atoms with Crippen LogP contribution >= 0.6 is 0 Å². The van der Waals surface area contributed by atoms with Crippen LogP contribution in [0.4, 0.5) is 16.4 Å². The quantitative estimate of drug-likeness (QED) is 0.899. The van der Waals surface area contributed by atoms with Gasteiger partial charge in [0.25, 0.3) is 0 Å². The number of piperidine rings is 1. The van der Waals surface area contributed by atoms with Crippen molar-refractivity contribution in [2.75, 3.05) is 36.5 Å². The summed E-state index contributed by atoms with van der Waals surface area (Å²) in [6, 6.07) is 9.54. The minimum absolute atomic E-state index is 0.101. The van der Waals surface area contributed by atoms with Crippen LogP contribution in [0.5, 0.6) is 0 Å². The van der Waals surface area contributed by atoms with Crippen molar-refractivity contribution in [3.63, 3.8) is 0 Å². The predicted molar refractivity (Wildman–Crippen MR) is 99.1 cm³/mol. The van der Waals surface area contributed by atoms with Gasteiger partial charge in [-0.1, -0.05) is 17.7 Å². The Morgan fingerprint density at radius 2 is 1.81 bits per heavy atom. The summed E-state index contributed by atoms with van der Waals surface area (Å²) >= 11 is 0. The van der Waals surface area contributed by atoms with Gasteiger partial charge in [0.05, 0.1) is 6.61 Å². The molecule has 0 aliphatic carbocycles. The number of nitrogens with zero attached hydrogens (tertiary/aromatic N) is 4. The van der Waals surface area contributed by atoms with E-state index >= 15 is 0 Å². The van der Waals surface area contributed by atoms with Crippen LogP contribution in [0.25, 0.3) is 0 Å². The van der Waals surface area contributed by atoms with Gasteiger partial charge in [-0.15, -0.1) is 0 Å². The van der Waals surface area contributed by atoms with Crippen LogP contribution in [0.3, 0.4) is 0 Å². The maximum absolute atomic E-state index is 12.8. The number of carbonyl (C=O) groups is 1. The molecule has 2 fully saturated rings. The molecule has 26 heavy (non-hydrogen) atoms. The molecule has 2 amide bonds.